The summed E-state index contributed by atoms with van der Waals surface area (Å²) in [7, 11) is 0. The zero-order valence-corrected chi connectivity index (χ0v) is 19.9. The number of alkyl halides is 2. The minimum atomic E-state index is -2.72. The van der Waals surface area contributed by atoms with Crippen molar-refractivity contribution in [2.45, 2.75) is 45.8 Å². The van der Waals surface area contributed by atoms with Crippen LogP contribution < -0.4 is 20.3 Å². The first-order valence-electron chi connectivity index (χ1n) is 11.5. The fraction of sp³-hybridized carbons (Fsp3) is 0.417. The summed E-state index contributed by atoms with van der Waals surface area (Å²) >= 11 is 0. The van der Waals surface area contributed by atoms with Crippen molar-refractivity contribution < 1.29 is 18.3 Å². The van der Waals surface area contributed by atoms with Crippen LogP contribution in [0.1, 0.15) is 24.5 Å². The quantitative estimate of drug-likeness (QED) is 0.449. The molecule has 0 saturated carbocycles. The van der Waals surface area contributed by atoms with Crippen LogP contribution in [0.2, 0.25) is 0 Å². The van der Waals surface area contributed by atoms with Gasteiger partial charge in [0.25, 0.3) is 5.91 Å². The summed E-state index contributed by atoms with van der Waals surface area (Å²) in [6.45, 7) is 8.22. The van der Waals surface area contributed by atoms with Crippen molar-refractivity contribution in [3.05, 3.63) is 47.5 Å². The molecule has 1 aliphatic rings. The van der Waals surface area contributed by atoms with Gasteiger partial charge in [0.05, 0.1) is 12.1 Å². The first kappa shape index (κ1) is 24.5. The molecule has 1 saturated heterocycles. The predicted molar refractivity (Wildman–Crippen MR) is 129 cm³/mol. The van der Waals surface area contributed by atoms with E-state index < -0.39 is 24.9 Å². The number of anilines is 2. The zero-order chi connectivity index (χ0) is 24.9. The van der Waals surface area contributed by atoms with E-state index in [0.29, 0.717) is 23.0 Å². The second-order valence-electron chi connectivity index (χ2n) is 8.71. The highest BCUT2D eigenvalue weighted by atomic mass is 19.3. The smallest absolute Gasteiger partial charge is 0.265 e. The van der Waals surface area contributed by atoms with Crippen LogP contribution >= 0.6 is 0 Å². The van der Waals surface area contributed by atoms with Gasteiger partial charge in [0.1, 0.15) is 5.75 Å². The second-order valence-corrected chi connectivity index (χ2v) is 8.71. The minimum absolute atomic E-state index is 0.284. The predicted octanol–water partition coefficient (Wildman–Crippen LogP) is 3.32. The fourth-order valence-corrected chi connectivity index (χ4v) is 4.18. The number of aromatic amines is 1. The standard InChI is InChI=1S/C24H29F2N7O2/c1-14-5-4-6-15(2)22(14)35-20(12-21(25)26)24(34)28-19-8-7-17(33-10-9-27-16(3)13-33)11-18(19)23-29-31-32-30-23/h4-8,11,16,20-21,27H,9-10,12-13H2,1-3H3,(H,28,34)(H,29,30,31,32)/t16-,20-/m0/s1. The number of aromatic nitrogens is 4. The molecule has 0 aliphatic carbocycles. The maximum absolute atomic E-state index is 13.4. The SMILES string of the molecule is Cc1cccc(C)c1O[C@@H](CC(F)F)C(=O)Nc1ccc(N2CCN[C@@H](C)C2)cc1-c1nn[nH]n1. The summed E-state index contributed by atoms with van der Waals surface area (Å²) in [4.78, 5) is 15.4. The third kappa shape index (κ3) is 5.91. The molecule has 3 N–H and O–H groups in total. The van der Waals surface area contributed by atoms with Gasteiger partial charge in [0, 0.05) is 36.9 Å². The Morgan fingerprint density at radius 2 is 2.03 bits per heavy atom. The van der Waals surface area contributed by atoms with Gasteiger partial charge in [-0.2, -0.15) is 5.21 Å². The lowest BCUT2D eigenvalue weighted by molar-refractivity contribution is -0.124. The van der Waals surface area contributed by atoms with E-state index in [0.717, 1.165) is 36.4 Å². The Kier molecular flexibility index (Phi) is 7.54. The van der Waals surface area contributed by atoms with Gasteiger partial charge in [-0.05, 0) is 55.3 Å². The van der Waals surface area contributed by atoms with E-state index in [-0.39, 0.29) is 5.82 Å². The average Bonchev–Trinajstić information content (AvgIpc) is 3.35. The van der Waals surface area contributed by atoms with Crippen molar-refractivity contribution in [2.75, 3.05) is 29.9 Å². The number of rotatable bonds is 8. The van der Waals surface area contributed by atoms with Crippen molar-refractivity contribution in [3.63, 3.8) is 0 Å². The number of benzene rings is 2. The summed E-state index contributed by atoms with van der Waals surface area (Å²) in [5.74, 6) is 0.0301. The number of hydrogen-bond acceptors (Lipinski definition) is 7. The number of tetrazole rings is 1. The van der Waals surface area contributed by atoms with Crippen LogP contribution in [0.4, 0.5) is 20.2 Å². The Morgan fingerprint density at radius 3 is 2.69 bits per heavy atom. The Bertz CT molecular complexity index is 1140. The number of ether oxygens (including phenoxy) is 1. The number of carbonyl (C=O) groups excluding carboxylic acids is 1. The number of halogens is 2. The molecule has 35 heavy (non-hydrogen) atoms. The molecule has 4 rings (SSSR count). The molecule has 2 aromatic carbocycles. The second kappa shape index (κ2) is 10.8. The van der Waals surface area contributed by atoms with E-state index in [4.69, 9.17) is 4.74 Å². The summed E-state index contributed by atoms with van der Waals surface area (Å²) < 4.78 is 32.6. The van der Waals surface area contributed by atoms with Crippen molar-refractivity contribution in [2.24, 2.45) is 0 Å². The van der Waals surface area contributed by atoms with Crippen molar-refractivity contribution in [1.82, 2.24) is 25.9 Å². The van der Waals surface area contributed by atoms with E-state index in [1.807, 2.05) is 44.2 Å². The molecule has 186 valence electrons. The first-order valence-corrected chi connectivity index (χ1v) is 11.5. The van der Waals surface area contributed by atoms with Gasteiger partial charge >= 0.3 is 0 Å². The Labute approximate surface area is 202 Å². The number of piperazine rings is 1. The van der Waals surface area contributed by atoms with Crippen molar-refractivity contribution in [3.8, 4) is 17.1 Å². The number of carbonyl (C=O) groups is 1. The minimum Gasteiger partial charge on any atom is -0.480 e. The number of aryl methyl sites for hydroxylation is 2. The maximum atomic E-state index is 13.4. The summed E-state index contributed by atoms with van der Waals surface area (Å²) in [6, 6.07) is 11.3. The van der Waals surface area contributed by atoms with Gasteiger partial charge in [-0.1, -0.05) is 18.2 Å². The van der Waals surface area contributed by atoms with Gasteiger partial charge in [-0.3, -0.25) is 4.79 Å². The lowest BCUT2D eigenvalue weighted by atomic mass is 10.1. The molecule has 2 atom stereocenters. The number of para-hydroxylation sites is 1. The normalized spacial score (nSPS) is 16.9. The maximum Gasteiger partial charge on any atom is 0.265 e. The summed E-state index contributed by atoms with van der Waals surface area (Å²) in [5, 5.41) is 20.3. The van der Waals surface area contributed by atoms with Crippen LogP contribution in [-0.2, 0) is 4.79 Å². The van der Waals surface area contributed by atoms with Crippen molar-refractivity contribution in [1.29, 1.82) is 0 Å². The highest BCUT2D eigenvalue weighted by molar-refractivity contribution is 5.98. The van der Waals surface area contributed by atoms with Crippen LogP contribution in [0.5, 0.6) is 5.75 Å². The molecular weight excluding hydrogens is 456 g/mol. The van der Waals surface area contributed by atoms with Gasteiger partial charge in [-0.25, -0.2) is 8.78 Å². The first-order chi connectivity index (χ1) is 16.8. The van der Waals surface area contributed by atoms with Crippen LogP contribution in [0.15, 0.2) is 36.4 Å². The lowest BCUT2D eigenvalue weighted by Crippen LogP contribution is -2.49. The van der Waals surface area contributed by atoms with E-state index in [1.165, 1.54) is 0 Å². The number of nitrogens with zero attached hydrogens (tertiary/aromatic N) is 4. The molecule has 0 radical (unpaired) electrons. The van der Waals surface area contributed by atoms with Gasteiger partial charge in [0.2, 0.25) is 12.2 Å². The Balaban J connectivity index is 1.62. The third-order valence-corrected chi connectivity index (χ3v) is 5.93. The third-order valence-electron chi connectivity index (χ3n) is 5.93. The number of hydrogen-bond donors (Lipinski definition) is 3. The molecule has 3 aromatic rings. The van der Waals surface area contributed by atoms with Gasteiger partial charge in [0.15, 0.2) is 6.10 Å². The van der Waals surface area contributed by atoms with Gasteiger partial charge < -0.3 is 20.3 Å². The molecule has 0 spiro atoms. The number of H-pyrrole nitrogens is 1. The molecule has 1 fully saturated rings. The number of amides is 1. The molecule has 0 bridgehead atoms. The monoisotopic (exact) mass is 485 g/mol. The van der Waals surface area contributed by atoms with E-state index in [9.17, 15) is 13.6 Å². The molecule has 9 nitrogen and oxygen atoms in total. The van der Waals surface area contributed by atoms with Crippen LogP contribution in [0.3, 0.4) is 0 Å². The topological polar surface area (TPSA) is 108 Å². The molecule has 1 amide bonds. The van der Waals surface area contributed by atoms with Gasteiger partial charge in [-0.15, -0.1) is 10.2 Å². The molecule has 2 heterocycles. The number of nitrogens with one attached hydrogen (secondary N) is 3. The summed E-state index contributed by atoms with van der Waals surface area (Å²) in [6.07, 6.45) is -4.85. The van der Waals surface area contributed by atoms with Crippen LogP contribution in [0, 0.1) is 13.8 Å². The Hall–Kier alpha value is -3.60. The average molecular weight is 486 g/mol. The Morgan fingerprint density at radius 1 is 1.26 bits per heavy atom. The van der Waals surface area contributed by atoms with E-state index in [1.54, 1.807) is 6.07 Å². The molecular formula is C24H29F2N7O2. The molecule has 1 aromatic heterocycles. The lowest BCUT2D eigenvalue weighted by Gasteiger charge is -2.34. The highest BCUT2D eigenvalue weighted by Crippen LogP contribution is 2.31. The molecule has 0 unspecified atom stereocenters. The zero-order valence-electron chi connectivity index (χ0n) is 19.9. The highest BCUT2D eigenvalue weighted by Gasteiger charge is 2.28. The van der Waals surface area contributed by atoms with Crippen molar-refractivity contribution >= 4 is 17.3 Å². The molecule has 11 heteroatoms. The largest absolute Gasteiger partial charge is 0.480 e. The van der Waals surface area contributed by atoms with E-state index >= 15 is 0 Å². The molecule has 1 aliphatic heterocycles. The van der Waals surface area contributed by atoms with Crippen LogP contribution in [0.25, 0.3) is 11.4 Å². The van der Waals surface area contributed by atoms with Crippen LogP contribution in [-0.4, -0.2) is 64.7 Å². The summed E-state index contributed by atoms with van der Waals surface area (Å²) in [5.41, 5.74) is 3.37. The van der Waals surface area contributed by atoms with E-state index in [2.05, 4.69) is 43.1 Å². The fourth-order valence-electron chi connectivity index (χ4n) is 4.18.